The second-order valence-electron chi connectivity index (χ2n) is 1.73. The van der Waals surface area contributed by atoms with Gasteiger partial charge in [-0.3, -0.25) is 4.98 Å². The molecule has 1 heterocycles. The van der Waals surface area contributed by atoms with Crippen LogP contribution in [0, 0.1) is 0 Å². The molecule has 0 atom stereocenters. The van der Waals surface area contributed by atoms with E-state index in [1.54, 1.807) is 24.2 Å². The van der Waals surface area contributed by atoms with Gasteiger partial charge < -0.3 is 0 Å². The summed E-state index contributed by atoms with van der Waals surface area (Å²) < 4.78 is 0.919. The Bertz CT molecular complexity index is 220. The maximum Gasteiger partial charge on any atom is 0.0776 e. The summed E-state index contributed by atoms with van der Waals surface area (Å²) in [5.41, 5.74) is 1.08. The molecule has 0 aliphatic rings. The molecule has 1 rings (SSSR count). The minimum Gasteiger partial charge on any atom is -0.265 e. The summed E-state index contributed by atoms with van der Waals surface area (Å²) in [6.07, 6.45) is 5.47. The van der Waals surface area contributed by atoms with Crippen molar-refractivity contribution in [2.45, 2.75) is 0 Å². The number of thioether (sulfide) groups is 1. The molecule has 0 aliphatic heterocycles. The van der Waals surface area contributed by atoms with Crippen molar-refractivity contribution >= 4 is 28.2 Å². The first-order chi connectivity index (χ1) is 4.84. The Labute approximate surface area is 69.9 Å². The lowest BCUT2D eigenvalue weighted by Crippen LogP contribution is -1.88. The van der Waals surface area contributed by atoms with E-state index in [4.69, 9.17) is 12.2 Å². The highest BCUT2D eigenvalue weighted by Crippen LogP contribution is 2.08. The van der Waals surface area contributed by atoms with Gasteiger partial charge in [0.2, 0.25) is 0 Å². The van der Waals surface area contributed by atoms with E-state index >= 15 is 0 Å². The third-order valence-electron chi connectivity index (χ3n) is 1.10. The second kappa shape index (κ2) is 3.68. The summed E-state index contributed by atoms with van der Waals surface area (Å²) in [7, 11) is 0. The fraction of sp³-hybridized carbons (Fsp3) is 0.143. The van der Waals surface area contributed by atoms with Crippen molar-refractivity contribution in [3.63, 3.8) is 0 Å². The molecule has 0 aromatic carbocycles. The summed E-state index contributed by atoms with van der Waals surface area (Å²) in [6.45, 7) is 0. The van der Waals surface area contributed by atoms with Gasteiger partial charge in [-0.1, -0.05) is 12.2 Å². The molecule has 0 fully saturated rings. The van der Waals surface area contributed by atoms with Crippen LogP contribution < -0.4 is 0 Å². The lowest BCUT2D eigenvalue weighted by atomic mass is 10.3. The van der Waals surface area contributed by atoms with E-state index in [0.717, 1.165) is 9.76 Å². The van der Waals surface area contributed by atoms with Gasteiger partial charge in [0.15, 0.2) is 0 Å². The number of hydrogen-bond acceptors (Lipinski definition) is 3. The highest BCUT2D eigenvalue weighted by molar-refractivity contribution is 8.23. The Morgan fingerprint density at radius 1 is 1.50 bits per heavy atom. The molecule has 0 N–H and O–H groups in total. The molecular weight excluding hydrogens is 162 g/mol. The smallest absolute Gasteiger partial charge is 0.0776 e. The molecule has 0 amide bonds. The highest BCUT2D eigenvalue weighted by atomic mass is 32.2. The van der Waals surface area contributed by atoms with E-state index < -0.39 is 0 Å². The fourth-order valence-corrected chi connectivity index (χ4v) is 1.11. The molecule has 0 unspecified atom stereocenters. The normalized spacial score (nSPS) is 9.30. The standard InChI is InChI=1S/C7H7NS2/c1-10-7(9)6-2-4-8-5-3-6/h2-5H,1H3. The molecule has 10 heavy (non-hydrogen) atoms. The monoisotopic (exact) mass is 169 g/mol. The fourth-order valence-electron chi connectivity index (χ4n) is 0.606. The van der Waals surface area contributed by atoms with Crippen LogP contribution in [-0.4, -0.2) is 15.4 Å². The third-order valence-corrected chi connectivity index (χ3v) is 2.44. The average Bonchev–Trinajstić information content (AvgIpc) is 2.05. The summed E-state index contributed by atoms with van der Waals surface area (Å²) in [4.78, 5) is 3.89. The van der Waals surface area contributed by atoms with Crippen molar-refractivity contribution in [1.29, 1.82) is 0 Å². The van der Waals surface area contributed by atoms with E-state index in [0.29, 0.717) is 0 Å². The van der Waals surface area contributed by atoms with E-state index in [9.17, 15) is 0 Å². The lowest BCUT2D eigenvalue weighted by Gasteiger charge is -1.96. The quantitative estimate of drug-likeness (QED) is 0.598. The summed E-state index contributed by atoms with van der Waals surface area (Å²) in [6, 6.07) is 3.83. The zero-order valence-electron chi connectivity index (χ0n) is 5.57. The maximum atomic E-state index is 5.06. The number of thiocarbonyl (C=S) groups is 1. The van der Waals surface area contributed by atoms with Crippen LogP contribution in [-0.2, 0) is 0 Å². The van der Waals surface area contributed by atoms with Gasteiger partial charge in [-0.05, 0) is 18.4 Å². The molecule has 1 aromatic rings. The summed E-state index contributed by atoms with van der Waals surface area (Å²) >= 11 is 6.64. The van der Waals surface area contributed by atoms with Crippen LogP contribution in [0.2, 0.25) is 0 Å². The summed E-state index contributed by atoms with van der Waals surface area (Å²) in [5, 5.41) is 0. The van der Waals surface area contributed by atoms with Gasteiger partial charge in [0.05, 0.1) is 4.20 Å². The Morgan fingerprint density at radius 2 is 2.10 bits per heavy atom. The molecule has 1 nitrogen and oxygen atoms in total. The molecule has 0 saturated heterocycles. The number of rotatable bonds is 1. The van der Waals surface area contributed by atoms with Crippen LogP contribution in [0.5, 0.6) is 0 Å². The molecule has 0 bridgehead atoms. The highest BCUT2D eigenvalue weighted by Gasteiger charge is 1.95. The van der Waals surface area contributed by atoms with Gasteiger partial charge in [0, 0.05) is 18.0 Å². The van der Waals surface area contributed by atoms with Crippen LogP contribution in [0.4, 0.5) is 0 Å². The van der Waals surface area contributed by atoms with Crippen LogP contribution in [0.3, 0.4) is 0 Å². The van der Waals surface area contributed by atoms with E-state index in [2.05, 4.69) is 4.98 Å². The van der Waals surface area contributed by atoms with E-state index in [-0.39, 0.29) is 0 Å². The first kappa shape index (κ1) is 7.69. The van der Waals surface area contributed by atoms with Crippen LogP contribution in [0.25, 0.3) is 0 Å². The molecule has 1 aromatic heterocycles. The molecule has 0 saturated carbocycles. The second-order valence-corrected chi connectivity index (χ2v) is 3.21. The van der Waals surface area contributed by atoms with E-state index in [1.807, 2.05) is 18.4 Å². The van der Waals surface area contributed by atoms with Gasteiger partial charge in [-0.15, -0.1) is 11.8 Å². The maximum absolute atomic E-state index is 5.06. The van der Waals surface area contributed by atoms with Gasteiger partial charge in [-0.2, -0.15) is 0 Å². The van der Waals surface area contributed by atoms with Gasteiger partial charge in [0.25, 0.3) is 0 Å². The Morgan fingerprint density at radius 3 is 2.60 bits per heavy atom. The molecular formula is C7H7NS2. The van der Waals surface area contributed by atoms with Crippen molar-refractivity contribution in [2.24, 2.45) is 0 Å². The zero-order chi connectivity index (χ0) is 7.40. The number of pyridine rings is 1. The van der Waals surface area contributed by atoms with Crippen LogP contribution in [0.1, 0.15) is 5.56 Å². The Hall–Kier alpha value is -0.410. The molecule has 0 radical (unpaired) electrons. The van der Waals surface area contributed by atoms with Gasteiger partial charge in [-0.25, -0.2) is 0 Å². The minimum absolute atomic E-state index is 0.919. The van der Waals surface area contributed by atoms with E-state index in [1.165, 1.54) is 0 Å². The molecule has 3 heteroatoms. The minimum atomic E-state index is 0.919. The molecule has 0 spiro atoms. The number of aromatic nitrogens is 1. The van der Waals surface area contributed by atoms with Crippen molar-refractivity contribution < 1.29 is 0 Å². The van der Waals surface area contributed by atoms with Crippen LogP contribution >= 0.6 is 24.0 Å². The van der Waals surface area contributed by atoms with Crippen molar-refractivity contribution in [3.05, 3.63) is 30.1 Å². The largest absolute Gasteiger partial charge is 0.265 e. The van der Waals surface area contributed by atoms with Gasteiger partial charge in [0.1, 0.15) is 0 Å². The Balaban J connectivity index is 2.85. The Kier molecular flexibility index (Phi) is 2.83. The van der Waals surface area contributed by atoms with Crippen molar-refractivity contribution in [1.82, 2.24) is 4.98 Å². The van der Waals surface area contributed by atoms with Crippen molar-refractivity contribution in [2.75, 3.05) is 6.26 Å². The first-order valence-electron chi connectivity index (χ1n) is 2.83. The topological polar surface area (TPSA) is 12.9 Å². The van der Waals surface area contributed by atoms with Gasteiger partial charge >= 0.3 is 0 Å². The van der Waals surface area contributed by atoms with Crippen LogP contribution in [0.15, 0.2) is 24.5 Å². The zero-order valence-corrected chi connectivity index (χ0v) is 7.21. The first-order valence-corrected chi connectivity index (χ1v) is 4.46. The molecule has 52 valence electrons. The molecule has 0 aliphatic carbocycles. The number of hydrogen-bond donors (Lipinski definition) is 0. The lowest BCUT2D eigenvalue weighted by molar-refractivity contribution is 1.33. The number of nitrogens with zero attached hydrogens (tertiary/aromatic N) is 1. The predicted octanol–water partition coefficient (Wildman–Crippen LogP) is 2.12. The van der Waals surface area contributed by atoms with Crippen molar-refractivity contribution in [3.8, 4) is 0 Å². The summed E-state index contributed by atoms with van der Waals surface area (Å²) in [5.74, 6) is 0. The SMILES string of the molecule is CSC(=S)c1ccncc1. The average molecular weight is 169 g/mol. The predicted molar refractivity (Wildman–Crippen MR) is 49.5 cm³/mol. The third kappa shape index (κ3) is 1.78.